The first-order valence-corrected chi connectivity index (χ1v) is 6.98. The molecule has 1 aromatic carbocycles. The van der Waals surface area contributed by atoms with Gasteiger partial charge in [-0.25, -0.2) is 0 Å². The largest absolute Gasteiger partial charge is 0.368 e. The van der Waals surface area contributed by atoms with E-state index in [1.165, 1.54) is 0 Å². The summed E-state index contributed by atoms with van der Waals surface area (Å²) in [5.41, 5.74) is 5.03. The van der Waals surface area contributed by atoms with E-state index in [0.717, 1.165) is 5.56 Å². The highest BCUT2D eigenvalue weighted by Gasteiger charge is 2.65. The zero-order valence-corrected chi connectivity index (χ0v) is 12.5. The highest BCUT2D eigenvalue weighted by atomic mass is 16.2. The minimum Gasteiger partial charge on any atom is -0.368 e. The molecule has 2 amide bonds. The van der Waals surface area contributed by atoms with Gasteiger partial charge in [0.25, 0.3) is 0 Å². The lowest BCUT2D eigenvalue weighted by Gasteiger charge is -2.44. The lowest BCUT2D eigenvalue weighted by Crippen LogP contribution is -2.61. The van der Waals surface area contributed by atoms with Crippen LogP contribution >= 0.6 is 0 Å². The van der Waals surface area contributed by atoms with Crippen molar-refractivity contribution in [1.82, 2.24) is 4.90 Å². The highest BCUT2D eigenvalue weighted by molar-refractivity contribution is 5.98. The van der Waals surface area contributed by atoms with Crippen LogP contribution in [-0.2, 0) is 15.0 Å². The molecule has 1 aliphatic rings. The molecule has 0 aliphatic carbocycles. The summed E-state index contributed by atoms with van der Waals surface area (Å²) in [7, 11) is 0. The van der Waals surface area contributed by atoms with E-state index >= 15 is 0 Å². The number of likely N-dealkylation sites (N-methyl/N-ethyl adjacent to an activating group) is 1. The van der Waals surface area contributed by atoms with Crippen LogP contribution in [0.3, 0.4) is 0 Å². The number of nitrogens with zero attached hydrogens (tertiary/aromatic N) is 1. The summed E-state index contributed by atoms with van der Waals surface area (Å²) in [6.07, 6.45) is 0. The van der Waals surface area contributed by atoms with Gasteiger partial charge in [0.2, 0.25) is 11.8 Å². The van der Waals surface area contributed by atoms with Crippen LogP contribution in [0.15, 0.2) is 30.3 Å². The summed E-state index contributed by atoms with van der Waals surface area (Å²) >= 11 is 0. The van der Waals surface area contributed by atoms with E-state index in [-0.39, 0.29) is 11.8 Å². The predicted octanol–water partition coefficient (Wildman–Crippen LogP) is 1.69. The summed E-state index contributed by atoms with van der Waals surface area (Å²) in [6, 6.07) is 9.70. The number of benzene rings is 1. The van der Waals surface area contributed by atoms with Gasteiger partial charge >= 0.3 is 0 Å². The third-order valence-electron chi connectivity index (χ3n) is 5.22. The van der Waals surface area contributed by atoms with Crippen molar-refractivity contribution < 1.29 is 9.59 Å². The van der Waals surface area contributed by atoms with Crippen LogP contribution in [-0.4, -0.2) is 28.8 Å². The highest BCUT2D eigenvalue weighted by Crippen LogP contribution is 2.51. The Balaban J connectivity index is 2.71. The number of amides is 2. The molecule has 1 heterocycles. The Morgan fingerprint density at radius 3 is 2.30 bits per heavy atom. The van der Waals surface area contributed by atoms with Crippen LogP contribution < -0.4 is 5.73 Å². The van der Waals surface area contributed by atoms with Crippen molar-refractivity contribution in [3.63, 3.8) is 0 Å². The molecule has 0 saturated carbocycles. The van der Waals surface area contributed by atoms with E-state index in [1.54, 1.807) is 11.8 Å². The number of rotatable bonds is 3. The van der Waals surface area contributed by atoms with Crippen LogP contribution in [0.5, 0.6) is 0 Å². The third-order valence-corrected chi connectivity index (χ3v) is 5.22. The monoisotopic (exact) mass is 274 g/mol. The fourth-order valence-corrected chi connectivity index (χ4v) is 3.58. The van der Waals surface area contributed by atoms with Gasteiger partial charge in [0, 0.05) is 17.9 Å². The second-order valence-corrected chi connectivity index (χ2v) is 5.81. The molecule has 0 radical (unpaired) electrons. The van der Waals surface area contributed by atoms with Crippen molar-refractivity contribution in [2.75, 3.05) is 6.54 Å². The number of carbonyl (C=O) groups excluding carboxylic acids is 2. The van der Waals surface area contributed by atoms with Crippen molar-refractivity contribution in [2.24, 2.45) is 11.7 Å². The molecule has 108 valence electrons. The van der Waals surface area contributed by atoms with Crippen molar-refractivity contribution >= 4 is 11.8 Å². The first kappa shape index (κ1) is 14.6. The average molecular weight is 274 g/mol. The summed E-state index contributed by atoms with van der Waals surface area (Å²) in [5, 5.41) is 0. The molecule has 4 nitrogen and oxygen atoms in total. The number of carbonyl (C=O) groups is 2. The first-order chi connectivity index (χ1) is 9.31. The van der Waals surface area contributed by atoms with Gasteiger partial charge in [-0.15, -0.1) is 0 Å². The smallest absolute Gasteiger partial charge is 0.244 e. The Labute approximate surface area is 119 Å². The van der Waals surface area contributed by atoms with Crippen LogP contribution in [0.25, 0.3) is 0 Å². The van der Waals surface area contributed by atoms with Gasteiger partial charge in [-0.2, -0.15) is 0 Å². The van der Waals surface area contributed by atoms with Crippen molar-refractivity contribution in [2.45, 2.75) is 38.6 Å². The van der Waals surface area contributed by atoms with Gasteiger partial charge in [-0.05, 0) is 19.4 Å². The standard InChI is InChI=1S/C16H22N2O2/c1-5-18-13(19)11(2)15(3,16(18,4)14(17)20)12-9-7-6-8-10-12/h6-11H,5H2,1-4H3,(H2,17,20)/t11?,15?,16-/m1/s1. The van der Waals surface area contributed by atoms with Gasteiger partial charge in [0.1, 0.15) is 5.54 Å². The molecular formula is C16H22N2O2. The molecule has 2 N–H and O–H groups in total. The molecule has 2 unspecified atom stereocenters. The molecular weight excluding hydrogens is 252 g/mol. The topological polar surface area (TPSA) is 63.4 Å². The summed E-state index contributed by atoms with van der Waals surface area (Å²) < 4.78 is 0. The lowest BCUT2D eigenvalue weighted by atomic mass is 9.63. The Morgan fingerprint density at radius 1 is 1.30 bits per heavy atom. The predicted molar refractivity (Wildman–Crippen MR) is 77.9 cm³/mol. The zero-order valence-electron chi connectivity index (χ0n) is 12.5. The van der Waals surface area contributed by atoms with Gasteiger partial charge in [0.05, 0.1) is 0 Å². The molecule has 1 aromatic rings. The van der Waals surface area contributed by atoms with Gasteiger partial charge in [0.15, 0.2) is 0 Å². The van der Waals surface area contributed by atoms with E-state index in [9.17, 15) is 9.59 Å². The van der Waals surface area contributed by atoms with Gasteiger partial charge in [-0.1, -0.05) is 44.2 Å². The van der Waals surface area contributed by atoms with Gasteiger partial charge in [-0.3, -0.25) is 9.59 Å². The summed E-state index contributed by atoms with van der Waals surface area (Å²) in [5.74, 6) is -0.758. The Bertz CT molecular complexity index is 543. The zero-order chi connectivity index (χ0) is 15.1. The van der Waals surface area contributed by atoms with Crippen LogP contribution in [0.1, 0.15) is 33.3 Å². The minimum atomic E-state index is -1.01. The van der Waals surface area contributed by atoms with Crippen LogP contribution in [0.4, 0.5) is 0 Å². The van der Waals surface area contributed by atoms with Crippen LogP contribution in [0.2, 0.25) is 0 Å². The fraction of sp³-hybridized carbons (Fsp3) is 0.500. The SMILES string of the molecule is CCN1C(=O)C(C)C(C)(c2ccccc2)[C@@]1(C)C(N)=O. The molecule has 20 heavy (non-hydrogen) atoms. The Hall–Kier alpha value is -1.84. The quantitative estimate of drug-likeness (QED) is 0.911. The van der Waals surface area contributed by atoms with Crippen molar-refractivity contribution in [1.29, 1.82) is 0 Å². The number of nitrogens with two attached hydrogens (primary N) is 1. The second-order valence-electron chi connectivity index (χ2n) is 5.81. The lowest BCUT2D eigenvalue weighted by molar-refractivity contribution is -0.140. The third kappa shape index (κ3) is 1.54. The number of primary amides is 1. The first-order valence-electron chi connectivity index (χ1n) is 6.98. The Morgan fingerprint density at radius 2 is 1.85 bits per heavy atom. The normalized spacial score (nSPS) is 33.5. The van der Waals surface area contributed by atoms with E-state index < -0.39 is 16.9 Å². The number of hydrogen-bond donors (Lipinski definition) is 1. The molecule has 0 spiro atoms. The summed E-state index contributed by atoms with van der Waals surface area (Å²) in [4.78, 5) is 26.4. The maximum absolute atomic E-state index is 12.6. The molecule has 3 atom stereocenters. The molecule has 1 fully saturated rings. The molecule has 1 saturated heterocycles. The fourth-order valence-electron chi connectivity index (χ4n) is 3.58. The summed E-state index contributed by atoms with van der Waals surface area (Å²) in [6.45, 7) is 7.98. The molecule has 4 heteroatoms. The van der Waals surface area contributed by atoms with Gasteiger partial charge < -0.3 is 10.6 Å². The molecule has 1 aliphatic heterocycles. The average Bonchev–Trinajstić information content (AvgIpc) is 2.60. The van der Waals surface area contributed by atoms with E-state index in [0.29, 0.717) is 6.54 Å². The van der Waals surface area contributed by atoms with Crippen molar-refractivity contribution in [3.8, 4) is 0 Å². The molecule has 2 rings (SSSR count). The van der Waals surface area contributed by atoms with Crippen LogP contribution in [0, 0.1) is 5.92 Å². The number of hydrogen-bond acceptors (Lipinski definition) is 2. The van der Waals surface area contributed by atoms with E-state index in [2.05, 4.69) is 0 Å². The van der Waals surface area contributed by atoms with E-state index in [4.69, 9.17) is 5.73 Å². The van der Waals surface area contributed by atoms with E-state index in [1.807, 2.05) is 51.1 Å². The maximum atomic E-state index is 12.6. The molecule has 0 bridgehead atoms. The van der Waals surface area contributed by atoms with Crippen molar-refractivity contribution in [3.05, 3.63) is 35.9 Å². The second kappa shape index (κ2) is 4.62. The molecule has 0 aromatic heterocycles. The maximum Gasteiger partial charge on any atom is 0.244 e. The number of likely N-dealkylation sites (tertiary alicyclic amines) is 1. The Kier molecular flexibility index (Phi) is 3.36. The minimum absolute atomic E-state index is 0.0137.